The molecule has 1 heterocycles. The highest BCUT2D eigenvalue weighted by molar-refractivity contribution is 9.10. The van der Waals surface area contributed by atoms with Crippen molar-refractivity contribution in [2.45, 2.75) is 13.8 Å². The molecular weight excluding hydrogens is 396 g/mol. The van der Waals surface area contributed by atoms with E-state index in [1.807, 2.05) is 36.4 Å². The summed E-state index contributed by atoms with van der Waals surface area (Å²) >= 11 is 9.53. The first kappa shape index (κ1) is 17.5. The molecule has 0 radical (unpaired) electrons. The average Bonchev–Trinajstić information content (AvgIpc) is 2.87. The second kappa shape index (κ2) is 7.31. The van der Waals surface area contributed by atoms with Crippen LogP contribution in [0.3, 0.4) is 0 Å². The number of hydrogen-bond acceptors (Lipinski definition) is 1. The van der Waals surface area contributed by atoms with Gasteiger partial charge >= 0.3 is 0 Å². The van der Waals surface area contributed by atoms with Gasteiger partial charge in [-0.2, -0.15) is 5.26 Å². The van der Waals surface area contributed by atoms with Crippen molar-refractivity contribution >= 4 is 39.2 Å². The Bertz CT molecular complexity index is 992. The van der Waals surface area contributed by atoms with Gasteiger partial charge in [-0.3, -0.25) is 0 Å². The van der Waals surface area contributed by atoms with Crippen LogP contribution in [0.1, 0.15) is 22.5 Å². The molecule has 0 fully saturated rings. The zero-order valence-electron chi connectivity index (χ0n) is 13.9. The number of rotatable bonds is 3. The molecule has 0 bridgehead atoms. The standard InChI is InChI=1S/C21H16BrClN2/c1-14-10-17(11-18(13-24)16-4-3-5-20(23)12-16)15(2)25(14)21-8-6-19(22)7-9-21/h3-12H,1-2H3/b18-11-. The highest BCUT2D eigenvalue weighted by Crippen LogP contribution is 2.26. The van der Waals surface area contributed by atoms with Gasteiger partial charge in [0.1, 0.15) is 0 Å². The fourth-order valence-corrected chi connectivity index (χ4v) is 3.37. The highest BCUT2D eigenvalue weighted by Gasteiger charge is 2.11. The van der Waals surface area contributed by atoms with E-state index in [-0.39, 0.29) is 0 Å². The summed E-state index contributed by atoms with van der Waals surface area (Å²) in [4.78, 5) is 0. The van der Waals surface area contributed by atoms with Crippen molar-refractivity contribution in [2.75, 3.05) is 0 Å². The lowest BCUT2D eigenvalue weighted by Gasteiger charge is -2.09. The number of nitrogens with zero attached hydrogens (tertiary/aromatic N) is 2. The maximum absolute atomic E-state index is 9.57. The monoisotopic (exact) mass is 410 g/mol. The van der Waals surface area contributed by atoms with E-state index >= 15 is 0 Å². The fourth-order valence-electron chi connectivity index (χ4n) is 2.91. The molecule has 25 heavy (non-hydrogen) atoms. The molecule has 3 rings (SSSR count). The maximum Gasteiger partial charge on any atom is 0.0998 e. The molecule has 0 aliphatic rings. The number of benzene rings is 2. The van der Waals surface area contributed by atoms with E-state index in [4.69, 9.17) is 11.6 Å². The number of aromatic nitrogens is 1. The normalized spacial score (nSPS) is 11.4. The third-order valence-electron chi connectivity index (χ3n) is 4.11. The second-order valence-corrected chi connectivity index (χ2v) is 7.17. The Kier molecular flexibility index (Phi) is 5.13. The van der Waals surface area contributed by atoms with Gasteiger partial charge in [0.25, 0.3) is 0 Å². The number of halogens is 2. The first-order valence-electron chi connectivity index (χ1n) is 7.82. The van der Waals surface area contributed by atoms with Crippen molar-refractivity contribution < 1.29 is 0 Å². The van der Waals surface area contributed by atoms with Gasteiger partial charge in [-0.05, 0) is 73.5 Å². The molecule has 0 saturated heterocycles. The summed E-state index contributed by atoms with van der Waals surface area (Å²) in [7, 11) is 0. The van der Waals surface area contributed by atoms with Gasteiger partial charge in [-0.25, -0.2) is 0 Å². The van der Waals surface area contributed by atoms with Gasteiger partial charge in [0, 0.05) is 26.6 Å². The zero-order chi connectivity index (χ0) is 18.0. The van der Waals surface area contributed by atoms with E-state index in [0.29, 0.717) is 10.6 Å². The van der Waals surface area contributed by atoms with Gasteiger partial charge < -0.3 is 4.57 Å². The molecule has 0 atom stereocenters. The van der Waals surface area contributed by atoms with Crippen molar-refractivity contribution in [3.63, 3.8) is 0 Å². The molecule has 4 heteroatoms. The zero-order valence-corrected chi connectivity index (χ0v) is 16.3. The van der Waals surface area contributed by atoms with Crippen LogP contribution in [0.4, 0.5) is 0 Å². The molecule has 3 aromatic rings. The van der Waals surface area contributed by atoms with E-state index in [2.05, 4.69) is 58.6 Å². The highest BCUT2D eigenvalue weighted by atomic mass is 79.9. The van der Waals surface area contributed by atoms with E-state index in [1.54, 1.807) is 6.07 Å². The first-order valence-corrected chi connectivity index (χ1v) is 8.99. The van der Waals surface area contributed by atoms with Crippen LogP contribution in [0, 0.1) is 25.2 Å². The summed E-state index contributed by atoms with van der Waals surface area (Å²) in [6.07, 6.45) is 1.92. The Hall–Kier alpha value is -2.28. The van der Waals surface area contributed by atoms with Crippen LogP contribution in [0.15, 0.2) is 59.1 Å². The molecule has 0 aliphatic carbocycles. The molecule has 2 aromatic carbocycles. The Morgan fingerprint density at radius 3 is 2.48 bits per heavy atom. The summed E-state index contributed by atoms with van der Waals surface area (Å²) in [6.45, 7) is 4.13. The van der Waals surface area contributed by atoms with Gasteiger partial charge in [-0.1, -0.05) is 39.7 Å². The summed E-state index contributed by atoms with van der Waals surface area (Å²) in [5.74, 6) is 0. The predicted octanol–water partition coefficient (Wildman–Crippen LogP) is 6.57. The Labute approximate surface area is 161 Å². The second-order valence-electron chi connectivity index (χ2n) is 5.82. The van der Waals surface area contributed by atoms with Crippen molar-refractivity contribution in [2.24, 2.45) is 0 Å². The van der Waals surface area contributed by atoms with Crippen molar-refractivity contribution in [1.29, 1.82) is 5.26 Å². The topological polar surface area (TPSA) is 28.7 Å². The lowest BCUT2D eigenvalue weighted by Crippen LogP contribution is -1.98. The summed E-state index contributed by atoms with van der Waals surface area (Å²) in [5.41, 5.74) is 5.75. The molecular formula is C21H16BrClN2. The summed E-state index contributed by atoms with van der Waals surface area (Å²) in [6, 6.07) is 19.9. The Balaban J connectivity index is 2.08. The minimum absolute atomic E-state index is 0.596. The third-order valence-corrected chi connectivity index (χ3v) is 4.87. The Morgan fingerprint density at radius 2 is 1.84 bits per heavy atom. The number of aryl methyl sites for hydroxylation is 1. The predicted molar refractivity (Wildman–Crippen MR) is 108 cm³/mol. The van der Waals surface area contributed by atoms with Crippen molar-refractivity contribution in [3.8, 4) is 11.8 Å². The van der Waals surface area contributed by atoms with E-state index in [1.165, 1.54) is 0 Å². The minimum Gasteiger partial charge on any atom is -0.318 e. The quantitative estimate of drug-likeness (QED) is 0.448. The minimum atomic E-state index is 0.596. The van der Waals surface area contributed by atoms with Crippen LogP contribution in [0.2, 0.25) is 5.02 Å². The molecule has 1 aromatic heterocycles. The molecule has 0 aliphatic heterocycles. The molecule has 0 N–H and O–H groups in total. The number of allylic oxidation sites excluding steroid dienone is 1. The molecule has 0 unspecified atom stereocenters. The third kappa shape index (κ3) is 3.71. The van der Waals surface area contributed by atoms with E-state index in [9.17, 15) is 5.26 Å². The average molecular weight is 412 g/mol. The largest absolute Gasteiger partial charge is 0.318 e. The molecule has 124 valence electrons. The lowest BCUT2D eigenvalue weighted by molar-refractivity contribution is 0.964. The van der Waals surface area contributed by atoms with E-state index < -0.39 is 0 Å². The molecule has 0 amide bonds. The fraction of sp³-hybridized carbons (Fsp3) is 0.0952. The maximum atomic E-state index is 9.57. The smallest absolute Gasteiger partial charge is 0.0998 e. The first-order chi connectivity index (χ1) is 12.0. The van der Waals surface area contributed by atoms with Gasteiger partial charge in [0.2, 0.25) is 0 Å². The van der Waals surface area contributed by atoms with Crippen LogP contribution in [-0.4, -0.2) is 4.57 Å². The van der Waals surface area contributed by atoms with Crippen LogP contribution in [0.5, 0.6) is 0 Å². The number of hydrogen-bond donors (Lipinski definition) is 0. The summed E-state index contributed by atoms with van der Waals surface area (Å²) in [5, 5.41) is 10.2. The van der Waals surface area contributed by atoms with E-state index in [0.717, 1.165) is 32.7 Å². The number of nitriles is 1. The van der Waals surface area contributed by atoms with Crippen molar-refractivity contribution in [3.05, 3.63) is 86.6 Å². The van der Waals surface area contributed by atoms with Crippen LogP contribution >= 0.6 is 27.5 Å². The van der Waals surface area contributed by atoms with Gasteiger partial charge in [-0.15, -0.1) is 0 Å². The van der Waals surface area contributed by atoms with Crippen molar-refractivity contribution in [1.82, 2.24) is 4.57 Å². The Morgan fingerprint density at radius 1 is 1.12 bits per heavy atom. The van der Waals surface area contributed by atoms with Gasteiger partial charge in [0.05, 0.1) is 11.6 Å². The summed E-state index contributed by atoms with van der Waals surface area (Å²) < 4.78 is 3.23. The lowest BCUT2D eigenvalue weighted by atomic mass is 10.0. The molecule has 0 saturated carbocycles. The van der Waals surface area contributed by atoms with Crippen LogP contribution in [0.25, 0.3) is 17.3 Å². The SMILES string of the molecule is Cc1cc(/C=C(/C#N)c2cccc(Cl)c2)c(C)n1-c1ccc(Br)cc1. The van der Waals surface area contributed by atoms with Gasteiger partial charge in [0.15, 0.2) is 0 Å². The molecule has 2 nitrogen and oxygen atoms in total. The van der Waals surface area contributed by atoms with Crippen LogP contribution in [-0.2, 0) is 0 Å². The van der Waals surface area contributed by atoms with Crippen LogP contribution < -0.4 is 0 Å². The molecule has 0 spiro atoms.